The van der Waals surface area contributed by atoms with Gasteiger partial charge in [-0.25, -0.2) is 0 Å². The van der Waals surface area contributed by atoms with Gasteiger partial charge in [-0.1, -0.05) is 49.4 Å². The highest BCUT2D eigenvalue weighted by molar-refractivity contribution is 5.52. The Morgan fingerprint density at radius 2 is 1.71 bits per heavy atom. The van der Waals surface area contributed by atoms with E-state index in [0.717, 1.165) is 17.9 Å². The topological polar surface area (TPSA) is 9.23 Å². The van der Waals surface area contributed by atoms with Gasteiger partial charge in [0.25, 0.3) is 0 Å². The molecule has 0 heterocycles. The Hall–Kier alpha value is -2.02. The molecule has 2 aromatic carbocycles. The molecule has 1 heteroatoms. The highest BCUT2D eigenvalue weighted by Gasteiger charge is 1.96. The minimum absolute atomic E-state index is 0.865. The molecular weight excluding hydrogens is 208 g/mol. The van der Waals surface area contributed by atoms with E-state index in [-0.39, 0.29) is 0 Å². The van der Waals surface area contributed by atoms with E-state index in [1.807, 2.05) is 48.5 Å². The van der Waals surface area contributed by atoms with Gasteiger partial charge < -0.3 is 4.74 Å². The molecule has 0 aromatic heterocycles. The maximum absolute atomic E-state index is 5.77. The van der Waals surface area contributed by atoms with Crippen LogP contribution in [0.15, 0.2) is 60.7 Å². The van der Waals surface area contributed by atoms with Crippen LogP contribution >= 0.6 is 0 Å². The second-order valence-corrected chi connectivity index (χ2v) is 3.80. The molecule has 2 aromatic rings. The van der Waals surface area contributed by atoms with Gasteiger partial charge in [0, 0.05) is 0 Å². The van der Waals surface area contributed by atoms with E-state index in [4.69, 9.17) is 4.74 Å². The standard InChI is InChI=1S/C16H16O/c1-2-3-8-14-9-7-12-16(13-14)17-15-10-5-4-6-11-15/h3-13H,2H2,1H3/b8-3+. The predicted molar refractivity (Wildman–Crippen MR) is 72.3 cm³/mol. The molecule has 0 spiro atoms. The van der Waals surface area contributed by atoms with Gasteiger partial charge in [-0.15, -0.1) is 0 Å². The Kier molecular flexibility index (Phi) is 3.98. The van der Waals surface area contributed by atoms with Crippen LogP contribution in [0.4, 0.5) is 0 Å². The Balaban J connectivity index is 2.14. The van der Waals surface area contributed by atoms with E-state index >= 15 is 0 Å². The van der Waals surface area contributed by atoms with E-state index in [1.165, 1.54) is 5.56 Å². The fraction of sp³-hybridized carbons (Fsp3) is 0.125. The Labute approximate surface area is 102 Å². The van der Waals surface area contributed by atoms with Gasteiger partial charge in [-0.3, -0.25) is 0 Å². The summed E-state index contributed by atoms with van der Waals surface area (Å²) in [4.78, 5) is 0. The zero-order valence-electron chi connectivity index (χ0n) is 9.97. The third-order valence-electron chi connectivity index (χ3n) is 2.38. The first-order valence-electron chi connectivity index (χ1n) is 5.88. The van der Waals surface area contributed by atoms with E-state index in [9.17, 15) is 0 Å². The van der Waals surface area contributed by atoms with Gasteiger partial charge >= 0.3 is 0 Å². The van der Waals surface area contributed by atoms with Crippen molar-refractivity contribution < 1.29 is 4.74 Å². The lowest BCUT2D eigenvalue weighted by molar-refractivity contribution is 0.482. The molecule has 0 radical (unpaired) electrons. The number of benzene rings is 2. The van der Waals surface area contributed by atoms with Crippen LogP contribution in [-0.4, -0.2) is 0 Å². The number of para-hydroxylation sites is 1. The molecule has 0 saturated carbocycles. The molecule has 86 valence electrons. The Morgan fingerprint density at radius 1 is 0.941 bits per heavy atom. The average Bonchev–Trinajstić information content (AvgIpc) is 2.38. The summed E-state index contributed by atoms with van der Waals surface area (Å²) in [6.45, 7) is 2.13. The first kappa shape index (κ1) is 11.5. The maximum atomic E-state index is 5.77. The number of rotatable bonds is 4. The summed E-state index contributed by atoms with van der Waals surface area (Å²) in [5.74, 6) is 1.73. The van der Waals surface area contributed by atoms with Crippen LogP contribution in [0.3, 0.4) is 0 Å². The molecule has 0 aliphatic rings. The monoisotopic (exact) mass is 224 g/mol. The van der Waals surface area contributed by atoms with Crippen molar-refractivity contribution in [2.75, 3.05) is 0 Å². The second-order valence-electron chi connectivity index (χ2n) is 3.80. The third-order valence-corrected chi connectivity index (χ3v) is 2.38. The first-order valence-corrected chi connectivity index (χ1v) is 5.88. The highest BCUT2D eigenvalue weighted by Crippen LogP contribution is 2.22. The Morgan fingerprint density at radius 3 is 2.47 bits per heavy atom. The van der Waals surface area contributed by atoms with Gasteiger partial charge in [0.2, 0.25) is 0 Å². The quantitative estimate of drug-likeness (QED) is 0.717. The van der Waals surface area contributed by atoms with Crippen LogP contribution < -0.4 is 4.74 Å². The van der Waals surface area contributed by atoms with E-state index in [0.29, 0.717) is 0 Å². The summed E-state index contributed by atoms with van der Waals surface area (Å²) >= 11 is 0. The fourth-order valence-electron chi connectivity index (χ4n) is 1.56. The lowest BCUT2D eigenvalue weighted by Gasteiger charge is -2.05. The number of hydrogen-bond donors (Lipinski definition) is 0. The highest BCUT2D eigenvalue weighted by atomic mass is 16.5. The number of hydrogen-bond acceptors (Lipinski definition) is 1. The molecule has 1 nitrogen and oxygen atoms in total. The minimum Gasteiger partial charge on any atom is -0.457 e. The normalized spacial score (nSPS) is 10.6. The lowest BCUT2D eigenvalue weighted by Crippen LogP contribution is -1.83. The summed E-state index contributed by atoms with van der Waals surface area (Å²) in [6.07, 6.45) is 5.29. The number of allylic oxidation sites excluding steroid dienone is 1. The molecule has 0 saturated heterocycles. The molecule has 2 rings (SSSR count). The van der Waals surface area contributed by atoms with Crippen molar-refractivity contribution in [2.24, 2.45) is 0 Å². The number of ether oxygens (including phenoxy) is 1. The largest absolute Gasteiger partial charge is 0.457 e. The van der Waals surface area contributed by atoms with Gasteiger partial charge in [-0.2, -0.15) is 0 Å². The smallest absolute Gasteiger partial charge is 0.128 e. The molecule has 0 fully saturated rings. The van der Waals surface area contributed by atoms with Crippen LogP contribution in [0, 0.1) is 0 Å². The van der Waals surface area contributed by atoms with Gasteiger partial charge in [0.15, 0.2) is 0 Å². The van der Waals surface area contributed by atoms with Crippen molar-refractivity contribution in [2.45, 2.75) is 13.3 Å². The van der Waals surface area contributed by atoms with Crippen molar-refractivity contribution in [3.05, 3.63) is 66.2 Å². The summed E-state index contributed by atoms with van der Waals surface area (Å²) in [5, 5.41) is 0. The Bertz CT molecular complexity index is 486. The summed E-state index contributed by atoms with van der Waals surface area (Å²) in [6, 6.07) is 17.9. The molecule has 0 aliphatic carbocycles. The molecular formula is C16H16O. The average molecular weight is 224 g/mol. The van der Waals surface area contributed by atoms with Crippen LogP contribution in [0.1, 0.15) is 18.9 Å². The second kappa shape index (κ2) is 5.90. The first-order chi connectivity index (χ1) is 8.38. The lowest BCUT2D eigenvalue weighted by atomic mass is 10.2. The molecule has 17 heavy (non-hydrogen) atoms. The minimum atomic E-state index is 0.865. The van der Waals surface area contributed by atoms with E-state index in [1.54, 1.807) is 0 Å². The van der Waals surface area contributed by atoms with Crippen molar-refractivity contribution in [3.63, 3.8) is 0 Å². The van der Waals surface area contributed by atoms with Crippen LogP contribution in [-0.2, 0) is 0 Å². The van der Waals surface area contributed by atoms with Crippen LogP contribution in [0.2, 0.25) is 0 Å². The zero-order chi connectivity index (χ0) is 11.9. The van der Waals surface area contributed by atoms with Gasteiger partial charge in [0.05, 0.1) is 0 Å². The summed E-state index contributed by atoms with van der Waals surface area (Å²) in [5.41, 5.74) is 1.17. The van der Waals surface area contributed by atoms with Crippen molar-refractivity contribution >= 4 is 6.08 Å². The molecule has 0 amide bonds. The summed E-state index contributed by atoms with van der Waals surface area (Å²) < 4.78 is 5.77. The molecule has 0 aliphatic heterocycles. The fourth-order valence-corrected chi connectivity index (χ4v) is 1.56. The van der Waals surface area contributed by atoms with Gasteiger partial charge in [0.1, 0.15) is 11.5 Å². The summed E-state index contributed by atoms with van der Waals surface area (Å²) in [7, 11) is 0. The third kappa shape index (κ3) is 3.49. The van der Waals surface area contributed by atoms with E-state index in [2.05, 4.69) is 25.1 Å². The predicted octanol–water partition coefficient (Wildman–Crippen LogP) is 4.90. The van der Waals surface area contributed by atoms with Crippen molar-refractivity contribution in [3.8, 4) is 11.5 Å². The maximum Gasteiger partial charge on any atom is 0.128 e. The van der Waals surface area contributed by atoms with Crippen molar-refractivity contribution in [1.82, 2.24) is 0 Å². The molecule has 0 unspecified atom stereocenters. The SMILES string of the molecule is CC/C=C/c1cccc(Oc2ccccc2)c1. The van der Waals surface area contributed by atoms with Gasteiger partial charge in [-0.05, 0) is 36.2 Å². The zero-order valence-corrected chi connectivity index (χ0v) is 9.97. The van der Waals surface area contributed by atoms with Crippen LogP contribution in [0.25, 0.3) is 6.08 Å². The molecule has 0 N–H and O–H groups in total. The molecule has 0 bridgehead atoms. The van der Waals surface area contributed by atoms with Crippen LogP contribution in [0.5, 0.6) is 11.5 Å². The molecule has 0 atom stereocenters. The van der Waals surface area contributed by atoms with Crippen molar-refractivity contribution in [1.29, 1.82) is 0 Å². The van der Waals surface area contributed by atoms with E-state index < -0.39 is 0 Å².